The molecule has 1 N–H and O–H groups in total. The normalized spacial score (nSPS) is 11.6. The molecule has 1 amide bonds. The van der Waals surface area contributed by atoms with Gasteiger partial charge in [-0.1, -0.05) is 66.7 Å². The third kappa shape index (κ3) is 7.12. The van der Waals surface area contributed by atoms with Gasteiger partial charge in [0.25, 0.3) is 5.91 Å². The number of nitrogens with one attached hydrogen (secondary N) is 1. The summed E-state index contributed by atoms with van der Waals surface area (Å²) in [6.45, 7) is 0. The number of hydrogen-bond acceptors (Lipinski definition) is 3. The first-order chi connectivity index (χ1) is 17.5. The maximum absolute atomic E-state index is 14.8. The van der Waals surface area contributed by atoms with Crippen molar-refractivity contribution < 1.29 is 18.4 Å². The van der Waals surface area contributed by atoms with E-state index < -0.39 is 17.8 Å². The second-order valence-corrected chi connectivity index (χ2v) is 9.42. The van der Waals surface area contributed by atoms with E-state index in [4.69, 9.17) is 0 Å². The Kier molecular flexibility index (Phi) is 8.63. The summed E-state index contributed by atoms with van der Waals surface area (Å²) in [5.41, 5.74) is 2.78. The van der Waals surface area contributed by atoms with Gasteiger partial charge in [0.1, 0.15) is 11.6 Å². The number of halogens is 2. The van der Waals surface area contributed by atoms with Crippen molar-refractivity contribution in [2.75, 3.05) is 0 Å². The predicted molar refractivity (Wildman–Crippen MR) is 139 cm³/mol. The third-order valence-electron chi connectivity index (χ3n) is 5.69. The smallest absolute Gasteiger partial charge is 0.251 e. The van der Waals surface area contributed by atoms with Crippen molar-refractivity contribution in [1.82, 2.24) is 5.32 Å². The van der Waals surface area contributed by atoms with Gasteiger partial charge in [-0.2, -0.15) is 0 Å². The van der Waals surface area contributed by atoms with E-state index in [0.29, 0.717) is 22.6 Å². The fourth-order valence-electron chi connectivity index (χ4n) is 3.77. The molecule has 4 aromatic carbocycles. The summed E-state index contributed by atoms with van der Waals surface area (Å²) in [6.07, 6.45) is 0.266. The number of Topliss-reactive ketones (excluding diaryl/α,β-unsaturated/α-hetero) is 1. The molecule has 0 aliphatic rings. The van der Waals surface area contributed by atoms with Crippen LogP contribution in [0.5, 0.6) is 0 Å². The van der Waals surface area contributed by atoms with Crippen LogP contribution in [0, 0.1) is 11.6 Å². The first-order valence-electron chi connectivity index (χ1n) is 11.6. The van der Waals surface area contributed by atoms with Crippen LogP contribution in [0.3, 0.4) is 0 Å². The van der Waals surface area contributed by atoms with Crippen molar-refractivity contribution >= 4 is 23.5 Å². The molecule has 3 nitrogen and oxygen atoms in total. The monoisotopic (exact) mass is 501 g/mol. The molecule has 0 fully saturated rings. The van der Waals surface area contributed by atoms with Gasteiger partial charge in [0.15, 0.2) is 5.78 Å². The highest BCUT2D eigenvalue weighted by Gasteiger charge is 2.22. The predicted octanol–water partition coefficient (Wildman–Crippen LogP) is 6.41. The Morgan fingerprint density at radius 2 is 1.39 bits per heavy atom. The second kappa shape index (κ2) is 12.3. The van der Waals surface area contributed by atoms with Crippen molar-refractivity contribution in [3.8, 4) is 0 Å². The van der Waals surface area contributed by atoms with Gasteiger partial charge in [0.2, 0.25) is 0 Å². The summed E-state index contributed by atoms with van der Waals surface area (Å²) >= 11 is 1.40. The van der Waals surface area contributed by atoms with E-state index in [0.717, 1.165) is 11.1 Å². The number of amides is 1. The average molecular weight is 502 g/mol. The van der Waals surface area contributed by atoms with Gasteiger partial charge in [0, 0.05) is 22.6 Å². The molecule has 4 rings (SSSR count). The minimum absolute atomic E-state index is 0.0260. The number of thioether (sulfide) groups is 1. The Labute approximate surface area is 213 Å². The van der Waals surface area contributed by atoms with Crippen molar-refractivity contribution in [1.29, 1.82) is 0 Å². The van der Waals surface area contributed by atoms with Crippen molar-refractivity contribution in [3.63, 3.8) is 0 Å². The molecule has 1 atom stereocenters. The molecule has 0 heterocycles. The topological polar surface area (TPSA) is 46.2 Å². The van der Waals surface area contributed by atoms with Crippen LogP contribution in [0.4, 0.5) is 8.78 Å². The maximum Gasteiger partial charge on any atom is 0.251 e. The first kappa shape index (κ1) is 25.3. The molecule has 0 aromatic heterocycles. The summed E-state index contributed by atoms with van der Waals surface area (Å²) in [7, 11) is 0. The van der Waals surface area contributed by atoms with Crippen molar-refractivity contribution in [2.24, 2.45) is 0 Å². The van der Waals surface area contributed by atoms with Crippen LogP contribution in [-0.4, -0.2) is 17.7 Å². The van der Waals surface area contributed by atoms with Crippen LogP contribution in [0.25, 0.3) is 0 Å². The van der Waals surface area contributed by atoms with Gasteiger partial charge < -0.3 is 5.32 Å². The highest BCUT2D eigenvalue weighted by molar-refractivity contribution is 7.98. The van der Waals surface area contributed by atoms with Crippen LogP contribution >= 0.6 is 11.8 Å². The van der Waals surface area contributed by atoms with Crippen LogP contribution in [-0.2, 0) is 23.4 Å². The van der Waals surface area contributed by atoms with E-state index in [-0.39, 0.29) is 23.6 Å². The lowest BCUT2D eigenvalue weighted by molar-refractivity contribution is -0.120. The molecule has 0 saturated heterocycles. The molecule has 36 heavy (non-hydrogen) atoms. The Hall–Kier alpha value is -3.77. The zero-order valence-electron chi connectivity index (χ0n) is 19.5. The van der Waals surface area contributed by atoms with Gasteiger partial charge in [0.05, 0.1) is 6.04 Å². The van der Waals surface area contributed by atoms with E-state index in [1.807, 2.05) is 60.7 Å². The largest absolute Gasteiger partial charge is 0.342 e. The van der Waals surface area contributed by atoms with E-state index in [2.05, 4.69) is 5.32 Å². The Balaban J connectivity index is 1.45. The summed E-state index contributed by atoms with van der Waals surface area (Å²) in [4.78, 5) is 26.5. The fourth-order valence-corrected chi connectivity index (χ4v) is 4.64. The average Bonchev–Trinajstić information content (AvgIpc) is 2.89. The lowest BCUT2D eigenvalue weighted by Crippen LogP contribution is -2.43. The van der Waals surface area contributed by atoms with Crippen molar-refractivity contribution in [2.45, 2.75) is 29.5 Å². The standard InChI is InChI=1S/C30H25F2NO2S/c31-25-14-12-24(13-15-25)30(35)33-27(18-21-7-3-1-4-8-21)28(34)19-23-11-16-29(26(32)17-23)36-20-22-9-5-2-6-10-22/h1-17,27H,18-20H2,(H,33,35)/t27-/m0/s1. The van der Waals surface area contributed by atoms with Crippen LogP contribution < -0.4 is 5.32 Å². The molecule has 0 unspecified atom stereocenters. The number of carbonyl (C=O) groups is 2. The van der Waals surface area contributed by atoms with Crippen molar-refractivity contribution in [3.05, 3.63) is 137 Å². The Morgan fingerprint density at radius 3 is 2.03 bits per heavy atom. The summed E-state index contributed by atoms with van der Waals surface area (Å²) in [6, 6.07) is 28.3. The number of ketones is 1. The van der Waals surface area contributed by atoms with E-state index in [1.54, 1.807) is 12.1 Å². The molecular formula is C30H25F2NO2S. The summed E-state index contributed by atoms with van der Waals surface area (Å²) in [5.74, 6) is -0.890. The molecule has 182 valence electrons. The molecule has 0 aliphatic carbocycles. The zero-order chi connectivity index (χ0) is 25.3. The molecule has 0 bridgehead atoms. The minimum Gasteiger partial charge on any atom is -0.342 e. The molecule has 0 spiro atoms. The van der Waals surface area contributed by atoms with E-state index in [1.165, 1.54) is 42.1 Å². The lowest BCUT2D eigenvalue weighted by Gasteiger charge is -2.18. The number of carbonyl (C=O) groups excluding carboxylic acids is 2. The van der Waals surface area contributed by atoms with E-state index in [9.17, 15) is 18.4 Å². The van der Waals surface area contributed by atoms with Crippen LogP contribution in [0.1, 0.15) is 27.0 Å². The minimum atomic E-state index is -0.819. The van der Waals surface area contributed by atoms with Gasteiger partial charge in [-0.25, -0.2) is 8.78 Å². The Bertz CT molecular complexity index is 1310. The number of hydrogen-bond donors (Lipinski definition) is 1. The maximum atomic E-state index is 14.8. The molecule has 4 aromatic rings. The third-order valence-corrected chi connectivity index (χ3v) is 6.81. The van der Waals surface area contributed by atoms with Crippen LogP contribution in [0.2, 0.25) is 0 Å². The highest BCUT2D eigenvalue weighted by atomic mass is 32.2. The molecule has 6 heteroatoms. The number of rotatable bonds is 10. The highest BCUT2D eigenvalue weighted by Crippen LogP contribution is 2.26. The quantitative estimate of drug-likeness (QED) is 0.256. The molecule has 0 aliphatic heterocycles. The second-order valence-electron chi connectivity index (χ2n) is 8.40. The zero-order valence-corrected chi connectivity index (χ0v) is 20.3. The van der Waals surface area contributed by atoms with Crippen LogP contribution in [0.15, 0.2) is 108 Å². The molecule has 0 radical (unpaired) electrons. The van der Waals surface area contributed by atoms with Gasteiger partial charge in [-0.3, -0.25) is 9.59 Å². The van der Waals surface area contributed by atoms with E-state index >= 15 is 0 Å². The van der Waals surface area contributed by atoms with Gasteiger partial charge in [-0.15, -0.1) is 11.8 Å². The molecular weight excluding hydrogens is 476 g/mol. The fraction of sp³-hybridized carbons (Fsp3) is 0.133. The Morgan fingerprint density at radius 1 is 0.750 bits per heavy atom. The SMILES string of the molecule is O=C(N[C@@H](Cc1ccccc1)C(=O)Cc1ccc(SCc2ccccc2)c(F)c1)c1ccc(F)cc1. The van der Waals surface area contributed by atoms with Gasteiger partial charge in [-0.05, 0) is 59.5 Å². The first-order valence-corrected chi connectivity index (χ1v) is 12.5. The summed E-state index contributed by atoms with van der Waals surface area (Å²) in [5, 5.41) is 2.78. The number of benzene rings is 4. The van der Waals surface area contributed by atoms with Gasteiger partial charge >= 0.3 is 0 Å². The summed E-state index contributed by atoms with van der Waals surface area (Å²) < 4.78 is 28.0. The lowest BCUT2D eigenvalue weighted by atomic mass is 9.97. The molecule has 0 saturated carbocycles.